The highest BCUT2D eigenvalue weighted by atomic mass is 32.1. The van der Waals surface area contributed by atoms with E-state index in [1.807, 2.05) is 25.1 Å². The van der Waals surface area contributed by atoms with Gasteiger partial charge in [-0.15, -0.1) is 11.3 Å². The zero-order valence-corrected chi connectivity index (χ0v) is 14.0. The molecule has 0 N–H and O–H groups in total. The van der Waals surface area contributed by atoms with Crippen molar-refractivity contribution in [2.75, 3.05) is 13.1 Å². The van der Waals surface area contributed by atoms with Crippen LogP contribution in [0.25, 0.3) is 10.9 Å². The second kappa shape index (κ2) is 5.83. The quantitative estimate of drug-likeness (QED) is 0.678. The molecule has 0 spiro atoms. The van der Waals surface area contributed by atoms with Crippen molar-refractivity contribution in [3.8, 4) is 0 Å². The van der Waals surface area contributed by atoms with Crippen molar-refractivity contribution < 1.29 is 4.79 Å². The second-order valence-corrected chi connectivity index (χ2v) is 6.67. The van der Waals surface area contributed by atoms with Crippen molar-refractivity contribution in [3.63, 3.8) is 0 Å². The number of benzene rings is 1. The Morgan fingerprint density at radius 2 is 2.04 bits per heavy atom. The lowest BCUT2D eigenvalue weighted by molar-refractivity contribution is 0.0763. The van der Waals surface area contributed by atoms with Crippen LogP contribution in [0, 0.1) is 6.92 Å². The van der Waals surface area contributed by atoms with Crippen LogP contribution < -0.4 is 5.56 Å². The van der Waals surface area contributed by atoms with Crippen LogP contribution in [-0.4, -0.2) is 38.4 Å². The van der Waals surface area contributed by atoms with Crippen LogP contribution >= 0.6 is 11.3 Å². The minimum Gasteiger partial charge on any atom is -0.336 e. The number of hydrogen-bond donors (Lipinski definition) is 0. The Bertz CT molecular complexity index is 992. The SMILES string of the molecule is Cc1ncsc1C(=O)N1CCc2nc3ccccc3c(=O)n2CC1. The fourth-order valence-corrected chi connectivity index (χ4v) is 3.83. The summed E-state index contributed by atoms with van der Waals surface area (Å²) in [6.07, 6.45) is 0.573. The average molecular weight is 340 g/mol. The summed E-state index contributed by atoms with van der Waals surface area (Å²) in [4.78, 5) is 36.6. The number of para-hydroxylation sites is 1. The molecular formula is C17H16N4O2S. The Kier molecular flexibility index (Phi) is 3.65. The lowest BCUT2D eigenvalue weighted by Gasteiger charge is -2.19. The van der Waals surface area contributed by atoms with Gasteiger partial charge in [-0.05, 0) is 19.1 Å². The number of thiazole rings is 1. The van der Waals surface area contributed by atoms with Crippen molar-refractivity contribution in [1.82, 2.24) is 19.4 Å². The third kappa shape index (κ3) is 2.41. The highest BCUT2D eigenvalue weighted by Crippen LogP contribution is 2.17. The van der Waals surface area contributed by atoms with E-state index >= 15 is 0 Å². The number of carbonyl (C=O) groups is 1. The lowest BCUT2D eigenvalue weighted by atomic mass is 10.2. The molecule has 3 heterocycles. The molecule has 1 aliphatic rings. The molecule has 1 amide bonds. The number of carbonyl (C=O) groups excluding carboxylic acids is 1. The van der Waals surface area contributed by atoms with Gasteiger partial charge in [0.1, 0.15) is 10.7 Å². The molecule has 0 fully saturated rings. The Labute approximate surface area is 142 Å². The van der Waals surface area contributed by atoms with Crippen molar-refractivity contribution in [2.45, 2.75) is 19.9 Å². The summed E-state index contributed by atoms with van der Waals surface area (Å²) in [5.74, 6) is 0.732. The van der Waals surface area contributed by atoms with Crippen molar-refractivity contribution in [3.05, 3.63) is 56.5 Å². The lowest BCUT2D eigenvalue weighted by Crippen LogP contribution is -2.34. The Morgan fingerprint density at radius 3 is 2.83 bits per heavy atom. The molecule has 3 aromatic rings. The number of hydrogen-bond acceptors (Lipinski definition) is 5. The standard InChI is InChI=1S/C17H16N4O2S/c1-11-15(24-10-18-11)17(23)20-7-6-14-19-13-5-3-2-4-12(13)16(22)21(14)9-8-20/h2-5,10H,6-9H2,1H3. The van der Waals surface area contributed by atoms with Crippen molar-refractivity contribution >= 4 is 28.1 Å². The van der Waals surface area contributed by atoms with Gasteiger partial charge in [-0.2, -0.15) is 0 Å². The first-order valence-corrected chi connectivity index (χ1v) is 8.71. The molecule has 2 aromatic heterocycles. The molecule has 0 unspecified atom stereocenters. The van der Waals surface area contributed by atoms with Gasteiger partial charge in [-0.3, -0.25) is 14.2 Å². The molecule has 0 bridgehead atoms. The zero-order chi connectivity index (χ0) is 16.7. The van der Waals surface area contributed by atoms with Crippen LogP contribution in [0.2, 0.25) is 0 Å². The van der Waals surface area contributed by atoms with E-state index in [9.17, 15) is 9.59 Å². The van der Waals surface area contributed by atoms with E-state index in [1.54, 1.807) is 21.0 Å². The van der Waals surface area contributed by atoms with E-state index in [0.29, 0.717) is 41.8 Å². The second-order valence-electron chi connectivity index (χ2n) is 5.81. The van der Waals surface area contributed by atoms with Gasteiger partial charge in [-0.1, -0.05) is 12.1 Å². The number of rotatable bonds is 1. The number of nitrogens with zero attached hydrogens (tertiary/aromatic N) is 4. The molecule has 4 rings (SSSR count). The van der Waals surface area contributed by atoms with E-state index in [4.69, 9.17) is 0 Å². The van der Waals surface area contributed by atoms with Crippen molar-refractivity contribution in [1.29, 1.82) is 0 Å². The van der Waals surface area contributed by atoms with Crippen LogP contribution in [0.1, 0.15) is 21.2 Å². The normalized spacial score (nSPS) is 14.5. The average Bonchev–Trinajstić information content (AvgIpc) is 2.90. The number of fused-ring (bicyclic) bond motifs is 2. The summed E-state index contributed by atoms with van der Waals surface area (Å²) in [5, 5.41) is 0.624. The molecule has 7 heteroatoms. The molecule has 24 heavy (non-hydrogen) atoms. The maximum atomic E-state index is 12.7. The molecule has 122 valence electrons. The van der Waals surface area contributed by atoms with E-state index in [2.05, 4.69) is 9.97 Å². The van der Waals surface area contributed by atoms with Crippen LogP contribution in [0.15, 0.2) is 34.6 Å². The van der Waals surface area contributed by atoms with Gasteiger partial charge in [0.05, 0.1) is 22.1 Å². The predicted molar refractivity (Wildman–Crippen MR) is 92.5 cm³/mol. The zero-order valence-electron chi connectivity index (χ0n) is 13.2. The first kappa shape index (κ1) is 15.0. The first-order valence-electron chi connectivity index (χ1n) is 7.83. The highest BCUT2D eigenvalue weighted by Gasteiger charge is 2.23. The van der Waals surface area contributed by atoms with Gasteiger partial charge in [0.15, 0.2) is 0 Å². The summed E-state index contributed by atoms with van der Waals surface area (Å²) < 4.78 is 1.70. The molecular weight excluding hydrogens is 324 g/mol. The largest absolute Gasteiger partial charge is 0.336 e. The van der Waals surface area contributed by atoms with Crippen LogP contribution in [0.5, 0.6) is 0 Å². The molecule has 0 saturated heterocycles. The van der Waals surface area contributed by atoms with E-state index in [-0.39, 0.29) is 11.5 Å². The third-order valence-electron chi connectivity index (χ3n) is 4.37. The van der Waals surface area contributed by atoms with Gasteiger partial charge in [0.25, 0.3) is 11.5 Å². The van der Waals surface area contributed by atoms with Gasteiger partial charge >= 0.3 is 0 Å². The van der Waals surface area contributed by atoms with E-state index in [0.717, 1.165) is 11.5 Å². The van der Waals surface area contributed by atoms with Crippen molar-refractivity contribution in [2.24, 2.45) is 0 Å². The molecule has 1 aliphatic heterocycles. The molecule has 0 aliphatic carbocycles. The number of amides is 1. The molecule has 0 radical (unpaired) electrons. The highest BCUT2D eigenvalue weighted by molar-refractivity contribution is 7.11. The molecule has 0 atom stereocenters. The maximum Gasteiger partial charge on any atom is 0.265 e. The van der Waals surface area contributed by atoms with E-state index < -0.39 is 0 Å². The number of aryl methyl sites for hydroxylation is 1. The molecule has 1 aromatic carbocycles. The summed E-state index contributed by atoms with van der Waals surface area (Å²) >= 11 is 1.36. The Balaban J connectivity index is 1.68. The maximum absolute atomic E-state index is 12.7. The summed E-state index contributed by atoms with van der Waals surface area (Å²) in [5.41, 5.74) is 3.13. The smallest absolute Gasteiger partial charge is 0.265 e. The van der Waals surface area contributed by atoms with Gasteiger partial charge in [0.2, 0.25) is 0 Å². The van der Waals surface area contributed by atoms with Gasteiger partial charge in [0, 0.05) is 26.1 Å². The fraction of sp³-hybridized carbons (Fsp3) is 0.294. The Hall–Kier alpha value is -2.54. The fourth-order valence-electron chi connectivity index (χ4n) is 3.06. The van der Waals surface area contributed by atoms with Gasteiger partial charge < -0.3 is 4.90 Å². The van der Waals surface area contributed by atoms with Gasteiger partial charge in [-0.25, -0.2) is 9.97 Å². The monoisotopic (exact) mass is 340 g/mol. The van der Waals surface area contributed by atoms with Crippen LogP contribution in [0.3, 0.4) is 0 Å². The predicted octanol–water partition coefficient (Wildman–Crippen LogP) is 1.86. The first-order chi connectivity index (χ1) is 11.6. The summed E-state index contributed by atoms with van der Waals surface area (Å²) in [7, 11) is 0. The number of aromatic nitrogens is 3. The molecule has 6 nitrogen and oxygen atoms in total. The third-order valence-corrected chi connectivity index (χ3v) is 5.28. The molecule has 0 saturated carbocycles. The van der Waals surface area contributed by atoms with Crippen LogP contribution in [-0.2, 0) is 13.0 Å². The Morgan fingerprint density at radius 1 is 1.21 bits per heavy atom. The minimum absolute atomic E-state index is 0.0135. The summed E-state index contributed by atoms with van der Waals surface area (Å²) in [6, 6.07) is 7.38. The minimum atomic E-state index is -0.0288. The van der Waals surface area contributed by atoms with E-state index in [1.165, 1.54) is 11.3 Å². The topological polar surface area (TPSA) is 68.1 Å². The summed E-state index contributed by atoms with van der Waals surface area (Å²) in [6.45, 7) is 3.37. The van der Waals surface area contributed by atoms with Crippen LogP contribution in [0.4, 0.5) is 0 Å².